The Morgan fingerprint density at radius 3 is 2.16 bits per heavy atom. The van der Waals surface area contributed by atoms with E-state index >= 15 is 0 Å². The highest BCUT2D eigenvalue weighted by Crippen LogP contribution is 2.24. The Kier molecular flexibility index (Phi) is 7.53. The lowest BCUT2D eigenvalue weighted by atomic mass is 10.1. The molecule has 168 valence electrons. The molecule has 0 atom stereocenters. The minimum atomic E-state index is -3.47. The number of nitrogens with zero attached hydrogens (tertiary/aromatic N) is 1. The topological polar surface area (TPSA) is 75.7 Å². The number of rotatable bonds is 9. The molecule has 0 spiro atoms. The van der Waals surface area contributed by atoms with Crippen LogP contribution >= 0.6 is 0 Å². The summed E-state index contributed by atoms with van der Waals surface area (Å²) in [4.78, 5) is 12.4. The van der Waals surface area contributed by atoms with Crippen molar-refractivity contribution in [2.24, 2.45) is 0 Å². The van der Waals surface area contributed by atoms with Gasteiger partial charge in [0.15, 0.2) is 0 Å². The molecule has 6 nitrogen and oxygen atoms in total. The van der Waals surface area contributed by atoms with Crippen LogP contribution in [-0.2, 0) is 16.6 Å². The summed E-state index contributed by atoms with van der Waals surface area (Å²) in [5.74, 6) is 0.596. The molecule has 0 aliphatic carbocycles. The molecular formula is C25H28N2O4S. The van der Waals surface area contributed by atoms with E-state index in [2.05, 4.69) is 5.32 Å². The summed E-state index contributed by atoms with van der Waals surface area (Å²) in [6.07, 6.45) is 1.19. The molecule has 0 bridgehead atoms. The van der Waals surface area contributed by atoms with E-state index in [9.17, 15) is 13.2 Å². The predicted octanol–water partition coefficient (Wildman–Crippen LogP) is 4.08. The number of benzene rings is 3. The van der Waals surface area contributed by atoms with Crippen molar-refractivity contribution in [2.45, 2.75) is 20.4 Å². The van der Waals surface area contributed by atoms with Gasteiger partial charge in [0.25, 0.3) is 5.91 Å². The second-order valence-electron chi connectivity index (χ2n) is 7.62. The molecule has 0 saturated heterocycles. The third-order valence-electron chi connectivity index (χ3n) is 5.07. The van der Waals surface area contributed by atoms with E-state index in [0.717, 1.165) is 22.4 Å². The lowest BCUT2D eigenvalue weighted by molar-refractivity contribution is 0.0947. The van der Waals surface area contributed by atoms with Crippen LogP contribution < -0.4 is 14.4 Å². The number of para-hydroxylation sites is 2. The van der Waals surface area contributed by atoms with Crippen molar-refractivity contribution >= 4 is 21.6 Å². The zero-order valence-electron chi connectivity index (χ0n) is 18.5. The van der Waals surface area contributed by atoms with Crippen molar-refractivity contribution in [3.8, 4) is 5.75 Å². The summed E-state index contributed by atoms with van der Waals surface area (Å²) in [5, 5.41) is 2.84. The second kappa shape index (κ2) is 10.3. The molecule has 1 N–H and O–H groups in total. The van der Waals surface area contributed by atoms with Gasteiger partial charge in [0, 0.05) is 5.56 Å². The number of nitrogens with one attached hydrogen (secondary N) is 1. The smallest absolute Gasteiger partial charge is 0.251 e. The molecule has 0 radical (unpaired) electrons. The van der Waals surface area contributed by atoms with Gasteiger partial charge >= 0.3 is 0 Å². The first-order chi connectivity index (χ1) is 15.3. The van der Waals surface area contributed by atoms with Crippen LogP contribution in [0.1, 0.15) is 27.0 Å². The van der Waals surface area contributed by atoms with Crippen molar-refractivity contribution in [2.75, 3.05) is 23.7 Å². The molecule has 0 aromatic heterocycles. The molecule has 7 heteroatoms. The van der Waals surface area contributed by atoms with Gasteiger partial charge in [-0.1, -0.05) is 48.5 Å². The first kappa shape index (κ1) is 23.3. The van der Waals surface area contributed by atoms with E-state index in [0.29, 0.717) is 24.4 Å². The summed E-state index contributed by atoms with van der Waals surface area (Å²) in [6.45, 7) is 4.79. The van der Waals surface area contributed by atoms with E-state index in [-0.39, 0.29) is 12.5 Å². The van der Waals surface area contributed by atoms with Gasteiger partial charge in [-0.3, -0.25) is 9.10 Å². The summed E-state index contributed by atoms with van der Waals surface area (Å²) < 4.78 is 31.8. The zero-order valence-corrected chi connectivity index (χ0v) is 19.4. The normalized spacial score (nSPS) is 11.1. The average Bonchev–Trinajstić information content (AvgIpc) is 2.76. The lowest BCUT2D eigenvalue weighted by Crippen LogP contribution is -2.30. The quantitative estimate of drug-likeness (QED) is 0.497. The summed E-state index contributed by atoms with van der Waals surface area (Å²) in [7, 11) is -3.47. The van der Waals surface area contributed by atoms with E-state index < -0.39 is 10.0 Å². The Balaban J connectivity index is 1.59. The van der Waals surface area contributed by atoms with Crippen LogP contribution in [0.3, 0.4) is 0 Å². The van der Waals surface area contributed by atoms with Gasteiger partial charge in [-0.25, -0.2) is 8.42 Å². The summed E-state index contributed by atoms with van der Waals surface area (Å²) in [6, 6.07) is 22.0. The van der Waals surface area contributed by atoms with E-state index in [1.54, 1.807) is 30.3 Å². The van der Waals surface area contributed by atoms with Gasteiger partial charge in [0.2, 0.25) is 10.0 Å². The maximum Gasteiger partial charge on any atom is 0.251 e. The fourth-order valence-corrected chi connectivity index (χ4v) is 4.24. The van der Waals surface area contributed by atoms with Crippen LogP contribution in [-0.4, -0.2) is 33.7 Å². The monoisotopic (exact) mass is 452 g/mol. The maximum absolute atomic E-state index is 12.4. The fraction of sp³-hybridized carbons (Fsp3) is 0.240. The number of carbonyl (C=O) groups is 1. The molecule has 3 aromatic carbocycles. The Bertz CT molecular complexity index is 1170. The van der Waals surface area contributed by atoms with Crippen molar-refractivity contribution in [3.63, 3.8) is 0 Å². The molecule has 0 heterocycles. The molecule has 0 saturated carbocycles. The minimum Gasteiger partial charge on any atom is -0.491 e. The van der Waals surface area contributed by atoms with Gasteiger partial charge in [-0.05, 0) is 54.8 Å². The number of sulfonamides is 1. The van der Waals surface area contributed by atoms with E-state index in [1.807, 2.05) is 56.3 Å². The predicted molar refractivity (Wildman–Crippen MR) is 128 cm³/mol. The number of hydrogen-bond donors (Lipinski definition) is 1. The summed E-state index contributed by atoms with van der Waals surface area (Å²) in [5.41, 5.74) is 3.86. The number of aryl methyl sites for hydroxylation is 2. The molecule has 3 rings (SSSR count). The fourth-order valence-electron chi connectivity index (χ4n) is 3.30. The SMILES string of the molecule is Cc1ccccc1OCCNC(=O)c1ccc(CN(c2ccccc2C)S(C)(=O)=O)cc1. The van der Waals surface area contributed by atoms with Gasteiger partial charge < -0.3 is 10.1 Å². The van der Waals surface area contributed by atoms with Crippen molar-refractivity contribution in [1.29, 1.82) is 0 Å². The molecule has 0 aliphatic rings. The van der Waals surface area contributed by atoms with Crippen LogP contribution in [0.15, 0.2) is 72.8 Å². The number of carbonyl (C=O) groups excluding carboxylic acids is 1. The zero-order chi connectivity index (χ0) is 23.1. The Labute approximate surface area is 189 Å². The maximum atomic E-state index is 12.4. The Morgan fingerprint density at radius 2 is 1.53 bits per heavy atom. The van der Waals surface area contributed by atoms with Crippen LogP contribution in [0.4, 0.5) is 5.69 Å². The summed E-state index contributed by atoms with van der Waals surface area (Å²) >= 11 is 0. The molecular weight excluding hydrogens is 424 g/mol. The number of hydrogen-bond acceptors (Lipinski definition) is 4. The van der Waals surface area contributed by atoms with E-state index in [1.165, 1.54) is 10.6 Å². The number of anilines is 1. The first-order valence-corrected chi connectivity index (χ1v) is 12.2. The van der Waals surface area contributed by atoms with Crippen molar-refractivity contribution in [3.05, 3.63) is 95.1 Å². The molecule has 0 fully saturated rings. The molecule has 32 heavy (non-hydrogen) atoms. The highest BCUT2D eigenvalue weighted by atomic mass is 32.2. The Hall–Kier alpha value is -3.32. The molecule has 3 aromatic rings. The first-order valence-electron chi connectivity index (χ1n) is 10.3. The number of ether oxygens (including phenoxy) is 1. The van der Waals surface area contributed by atoms with Crippen molar-refractivity contribution < 1.29 is 17.9 Å². The third kappa shape index (κ3) is 6.11. The minimum absolute atomic E-state index is 0.190. The second-order valence-corrected chi connectivity index (χ2v) is 9.53. The largest absolute Gasteiger partial charge is 0.491 e. The van der Waals surface area contributed by atoms with Gasteiger partial charge in [0.1, 0.15) is 12.4 Å². The van der Waals surface area contributed by atoms with E-state index in [4.69, 9.17) is 4.74 Å². The van der Waals surface area contributed by atoms with Crippen LogP contribution in [0.25, 0.3) is 0 Å². The number of amides is 1. The van der Waals surface area contributed by atoms with Gasteiger partial charge in [0.05, 0.1) is 25.0 Å². The van der Waals surface area contributed by atoms with Crippen LogP contribution in [0, 0.1) is 13.8 Å². The standard InChI is InChI=1S/C25H28N2O4S/c1-19-8-4-6-10-23(19)27(32(3,29)30)18-21-12-14-22(15-13-21)25(28)26-16-17-31-24-11-7-5-9-20(24)2/h4-15H,16-18H2,1-3H3,(H,26,28). The molecule has 1 amide bonds. The molecule has 0 unspecified atom stereocenters. The van der Waals surface area contributed by atoms with Crippen LogP contribution in [0.2, 0.25) is 0 Å². The van der Waals surface area contributed by atoms with Crippen molar-refractivity contribution in [1.82, 2.24) is 5.32 Å². The lowest BCUT2D eigenvalue weighted by Gasteiger charge is -2.24. The third-order valence-corrected chi connectivity index (χ3v) is 6.19. The van der Waals surface area contributed by atoms with Gasteiger partial charge in [-0.15, -0.1) is 0 Å². The highest BCUT2D eigenvalue weighted by Gasteiger charge is 2.19. The molecule has 0 aliphatic heterocycles. The van der Waals surface area contributed by atoms with Gasteiger partial charge in [-0.2, -0.15) is 0 Å². The average molecular weight is 453 g/mol. The van der Waals surface area contributed by atoms with Crippen LogP contribution in [0.5, 0.6) is 5.75 Å². The highest BCUT2D eigenvalue weighted by molar-refractivity contribution is 7.92. The Morgan fingerprint density at radius 1 is 0.906 bits per heavy atom.